The quantitative estimate of drug-likeness (QED) is 0.769. The summed E-state index contributed by atoms with van der Waals surface area (Å²) in [7, 11) is 0. The van der Waals surface area contributed by atoms with Crippen molar-refractivity contribution < 1.29 is 4.79 Å². The fraction of sp³-hybridized carbons (Fsp3) is 0.421. The molecule has 23 heavy (non-hydrogen) atoms. The number of nitrogens with zero attached hydrogens (tertiary/aromatic N) is 2. The van der Waals surface area contributed by atoms with Crippen molar-refractivity contribution in [3.8, 4) is 0 Å². The summed E-state index contributed by atoms with van der Waals surface area (Å²) in [6, 6.07) is 14.4. The zero-order valence-electron chi connectivity index (χ0n) is 14.1. The van der Waals surface area contributed by atoms with Crippen molar-refractivity contribution in [1.82, 2.24) is 4.90 Å². The van der Waals surface area contributed by atoms with Gasteiger partial charge >= 0.3 is 0 Å². The highest BCUT2D eigenvalue weighted by Crippen LogP contribution is 2.16. The fourth-order valence-corrected chi connectivity index (χ4v) is 3.38. The second kappa shape index (κ2) is 9.48. The molecule has 124 valence electrons. The Morgan fingerprint density at radius 1 is 1.00 bits per heavy atom. The van der Waals surface area contributed by atoms with Gasteiger partial charge in [-0.1, -0.05) is 38.1 Å². The minimum atomic E-state index is 0.274. The number of carbonyl (C=O) groups excluding carboxylic acids is 1. The predicted octanol–water partition coefficient (Wildman–Crippen LogP) is 4.17. The van der Waals surface area contributed by atoms with E-state index in [0.717, 1.165) is 37.6 Å². The standard InChI is InChI=1S/C17H20N2OS.C2H6/c20-16(17-7-4-14-21-17)8-9-18-10-12-19(13-11-18)15-5-2-1-3-6-15;1-2/h1-7,14H,8-13H2;1-2H3. The maximum absolute atomic E-state index is 12.0. The maximum atomic E-state index is 12.0. The van der Waals surface area contributed by atoms with Gasteiger partial charge in [0, 0.05) is 44.8 Å². The van der Waals surface area contributed by atoms with Crippen LogP contribution in [0.1, 0.15) is 29.9 Å². The van der Waals surface area contributed by atoms with Crippen LogP contribution in [0.3, 0.4) is 0 Å². The Labute approximate surface area is 143 Å². The van der Waals surface area contributed by atoms with Crippen molar-refractivity contribution in [1.29, 1.82) is 0 Å². The van der Waals surface area contributed by atoms with Crippen molar-refractivity contribution in [3.63, 3.8) is 0 Å². The molecule has 3 nitrogen and oxygen atoms in total. The molecule has 0 spiro atoms. The normalized spacial score (nSPS) is 15.0. The lowest BCUT2D eigenvalue weighted by Crippen LogP contribution is -2.46. The lowest BCUT2D eigenvalue weighted by Gasteiger charge is -2.36. The third-order valence-electron chi connectivity index (χ3n) is 3.94. The van der Waals surface area contributed by atoms with Crippen LogP contribution in [0.2, 0.25) is 0 Å². The van der Waals surface area contributed by atoms with Crippen LogP contribution in [-0.2, 0) is 0 Å². The van der Waals surface area contributed by atoms with E-state index in [-0.39, 0.29) is 5.78 Å². The van der Waals surface area contributed by atoms with Gasteiger partial charge in [-0.2, -0.15) is 0 Å². The van der Waals surface area contributed by atoms with Gasteiger partial charge in [0.05, 0.1) is 4.88 Å². The van der Waals surface area contributed by atoms with Gasteiger partial charge in [0.1, 0.15) is 0 Å². The molecule has 1 aromatic heterocycles. The number of hydrogen-bond donors (Lipinski definition) is 0. The highest BCUT2D eigenvalue weighted by Gasteiger charge is 2.18. The van der Waals surface area contributed by atoms with Crippen molar-refractivity contribution in [2.45, 2.75) is 20.3 Å². The van der Waals surface area contributed by atoms with Crippen molar-refractivity contribution in [2.75, 3.05) is 37.6 Å². The molecule has 0 atom stereocenters. The van der Waals surface area contributed by atoms with Crippen LogP contribution in [0.4, 0.5) is 5.69 Å². The molecule has 0 bridgehead atoms. The Balaban J connectivity index is 0.000000924. The largest absolute Gasteiger partial charge is 0.369 e. The number of piperazine rings is 1. The predicted molar refractivity (Wildman–Crippen MR) is 99.7 cm³/mol. The van der Waals surface area contributed by atoms with Gasteiger partial charge in [-0.05, 0) is 23.6 Å². The fourth-order valence-electron chi connectivity index (χ4n) is 2.69. The molecule has 0 radical (unpaired) electrons. The van der Waals surface area contributed by atoms with Crippen LogP contribution in [-0.4, -0.2) is 43.4 Å². The van der Waals surface area contributed by atoms with Crippen LogP contribution < -0.4 is 4.90 Å². The van der Waals surface area contributed by atoms with Crippen LogP contribution >= 0.6 is 11.3 Å². The first-order chi connectivity index (χ1) is 11.3. The molecular formula is C19H26N2OS. The van der Waals surface area contributed by atoms with E-state index in [2.05, 4.69) is 40.1 Å². The molecule has 0 saturated carbocycles. The number of rotatable bonds is 5. The summed E-state index contributed by atoms with van der Waals surface area (Å²) in [6.45, 7) is 9.02. The topological polar surface area (TPSA) is 23.6 Å². The summed E-state index contributed by atoms with van der Waals surface area (Å²) < 4.78 is 0. The number of Topliss-reactive ketones (excluding diaryl/α,β-unsaturated/α-hetero) is 1. The Hall–Kier alpha value is -1.65. The molecule has 1 aliphatic rings. The molecule has 2 aromatic rings. The van der Waals surface area contributed by atoms with E-state index >= 15 is 0 Å². The Kier molecular flexibility index (Phi) is 7.30. The number of carbonyl (C=O) groups is 1. The van der Waals surface area contributed by atoms with Crippen LogP contribution in [0.25, 0.3) is 0 Å². The number of hydrogen-bond acceptors (Lipinski definition) is 4. The van der Waals surface area contributed by atoms with Crippen LogP contribution in [0.5, 0.6) is 0 Å². The highest BCUT2D eigenvalue weighted by atomic mass is 32.1. The summed E-state index contributed by atoms with van der Waals surface area (Å²) in [6.07, 6.45) is 0.631. The van der Waals surface area contributed by atoms with Gasteiger partial charge in [0.25, 0.3) is 0 Å². The summed E-state index contributed by atoms with van der Waals surface area (Å²) >= 11 is 1.54. The van der Waals surface area contributed by atoms with E-state index < -0.39 is 0 Å². The molecule has 1 aromatic carbocycles. The summed E-state index contributed by atoms with van der Waals surface area (Å²) in [5.74, 6) is 0.274. The molecule has 1 fully saturated rings. The smallest absolute Gasteiger partial charge is 0.174 e. The highest BCUT2D eigenvalue weighted by molar-refractivity contribution is 7.12. The maximum Gasteiger partial charge on any atom is 0.174 e. The Morgan fingerprint density at radius 2 is 1.70 bits per heavy atom. The number of benzene rings is 1. The first-order valence-electron chi connectivity index (χ1n) is 8.42. The van der Waals surface area contributed by atoms with Crippen molar-refractivity contribution in [2.24, 2.45) is 0 Å². The van der Waals surface area contributed by atoms with E-state index in [1.807, 2.05) is 31.4 Å². The molecule has 2 heterocycles. The number of anilines is 1. The van der Waals surface area contributed by atoms with E-state index in [9.17, 15) is 4.79 Å². The SMILES string of the molecule is CC.O=C(CCN1CCN(c2ccccc2)CC1)c1cccs1. The van der Waals surface area contributed by atoms with E-state index in [4.69, 9.17) is 0 Å². The van der Waals surface area contributed by atoms with Crippen LogP contribution in [0.15, 0.2) is 47.8 Å². The lowest BCUT2D eigenvalue weighted by atomic mass is 10.2. The summed E-state index contributed by atoms with van der Waals surface area (Å²) in [5.41, 5.74) is 1.30. The average Bonchev–Trinajstić information content (AvgIpc) is 3.17. The summed E-state index contributed by atoms with van der Waals surface area (Å²) in [4.78, 5) is 17.7. The van der Waals surface area contributed by atoms with Gasteiger partial charge in [-0.15, -0.1) is 11.3 Å². The molecular weight excluding hydrogens is 304 g/mol. The number of para-hydroxylation sites is 1. The van der Waals surface area contributed by atoms with Gasteiger partial charge < -0.3 is 4.90 Å². The minimum Gasteiger partial charge on any atom is -0.369 e. The zero-order valence-corrected chi connectivity index (χ0v) is 14.9. The van der Waals surface area contributed by atoms with Crippen molar-refractivity contribution in [3.05, 3.63) is 52.7 Å². The monoisotopic (exact) mass is 330 g/mol. The van der Waals surface area contributed by atoms with Gasteiger partial charge in [-0.25, -0.2) is 0 Å². The second-order valence-electron chi connectivity index (χ2n) is 5.31. The lowest BCUT2D eigenvalue weighted by molar-refractivity contribution is 0.0966. The third-order valence-corrected chi connectivity index (χ3v) is 4.86. The molecule has 0 aliphatic carbocycles. The zero-order chi connectivity index (χ0) is 16.5. The van der Waals surface area contributed by atoms with E-state index in [1.165, 1.54) is 17.0 Å². The first-order valence-corrected chi connectivity index (χ1v) is 9.30. The second-order valence-corrected chi connectivity index (χ2v) is 6.26. The van der Waals surface area contributed by atoms with E-state index in [1.54, 1.807) is 0 Å². The van der Waals surface area contributed by atoms with Crippen molar-refractivity contribution >= 4 is 22.8 Å². The first kappa shape index (κ1) is 17.7. The summed E-state index contributed by atoms with van der Waals surface area (Å²) in [5, 5.41) is 1.96. The molecule has 1 aliphatic heterocycles. The van der Waals surface area contributed by atoms with Gasteiger partial charge in [-0.3, -0.25) is 9.69 Å². The molecule has 0 amide bonds. The van der Waals surface area contributed by atoms with Crippen LogP contribution in [0, 0.1) is 0 Å². The molecule has 3 rings (SSSR count). The van der Waals surface area contributed by atoms with Gasteiger partial charge in [0.2, 0.25) is 0 Å². The Morgan fingerprint density at radius 3 is 2.30 bits per heavy atom. The molecule has 4 heteroatoms. The minimum absolute atomic E-state index is 0.274. The third kappa shape index (κ3) is 5.19. The van der Waals surface area contributed by atoms with E-state index in [0.29, 0.717) is 6.42 Å². The molecule has 0 N–H and O–H groups in total. The number of ketones is 1. The van der Waals surface area contributed by atoms with Gasteiger partial charge in [0.15, 0.2) is 5.78 Å². The molecule has 0 unspecified atom stereocenters. The molecule has 1 saturated heterocycles. The average molecular weight is 330 g/mol. The number of thiophene rings is 1. The Bertz CT molecular complexity index is 560.